The highest BCUT2D eigenvalue weighted by molar-refractivity contribution is 5.11. The number of nitrogens with one attached hydrogen (secondary N) is 1. The molecule has 0 spiro atoms. The van der Waals surface area contributed by atoms with Crippen LogP contribution >= 0.6 is 0 Å². The van der Waals surface area contributed by atoms with Gasteiger partial charge in [0.15, 0.2) is 0 Å². The molecule has 2 heteroatoms. The van der Waals surface area contributed by atoms with E-state index in [0.717, 1.165) is 12.6 Å². The van der Waals surface area contributed by atoms with E-state index in [1.165, 1.54) is 31.5 Å². The van der Waals surface area contributed by atoms with Gasteiger partial charge in [0, 0.05) is 12.6 Å². The van der Waals surface area contributed by atoms with E-state index in [-0.39, 0.29) is 0 Å². The van der Waals surface area contributed by atoms with Crippen LogP contribution in [0.4, 0.5) is 0 Å². The van der Waals surface area contributed by atoms with Crippen molar-refractivity contribution < 1.29 is 0 Å². The van der Waals surface area contributed by atoms with Crippen molar-refractivity contribution in [2.24, 2.45) is 0 Å². The molecule has 0 aromatic carbocycles. The summed E-state index contributed by atoms with van der Waals surface area (Å²) in [5.74, 6) is 0. The largest absolute Gasteiger partial charge is 0.317 e. The van der Waals surface area contributed by atoms with Crippen LogP contribution in [-0.4, -0.2) is 37.6 Å². The lowest BCUT2D eigenvalue weighted by atomic mass is 10.0. The normalized spacial score (nSPS) is 21.4. The first kappa shape index (κ1) is 12.5. The molecule has 0 saturated carbocycles. The summed E-state index contributed by atoms with van der Waals surface area (Å²) in [7, 11) is 2.07. The Morgan fingerprint density at radius 2 is 2.07 bits per heavy atom. The van der Waals surface area contributed by atoms with Crippen molar-refractivity contribution in [1.29, 1.82) is 0 Å². The van der Waals surface area contributed by atoms with Gasteiger partial charge in [-0.3, -0.25) is 4.90 Å². The Bertz CT molecular complexity index is 223. The molecule has 0 amide bonds. The van der Waals surface area contributed by atoms with Gasteiger partial charge in [-0.25, -0.2) is 0 Å². The second-order valence-corrected chi connectivity index (χ2v) is 4.38. The molecule has 1 aliphatic rings. The van der Waals surface area contributed by atoms with Crippen LogP contribution < -0.4 is 5.32 Å². The van der Waals surface area contributed by atoms with Crippen LogP contribution in [0.25, 0.3) is 0 Å². The lowest BCUT2D eigenvalue weighted by Gasteiger charge is -2.31. The summed E-state index contributed by atoms with van der Waals surface area (Å²) in [6.07, 6.45) is 8.98. The van der Waals surface area contributed by atoms with Crippen molar-refractivity contribution in [3.63, 3.8) is 0 Å². The maximum absolute atomic E-state index is 3.36. The number of hydrogen-bond donors (Lipinski definition) is 1. The predicted molar refractivity (Wildman–Crippen MR) is 67.1 cm³/mol. The van der Waals surface area contributed by atoms with Gasteiger partial charge in [0.1, 0.15) is 0 Å². The third-order valence-corrected chi connectivity index (χ3v) is 3.04. The highest BCUT2D eigenvalue weighted by atomic mass is 15.1. The van der Waals surface area contributed by atoms with Gasteiger partial charge in [-0.1, -0.05) is 23.8 Å². The van der Waals surface area contributed by atoms with Crippen LogP contribution in [0.15, 0.2) is 23.8 Å². The van der Waals surface area contributed by atoms with Crippen molar-refractivity contribution in [2.75, 3.05) is 26.7 Å². The minimum absolute atomic E-state index is 0.737. The van der Waals surface area contributed by atoms with Gasteiger partial charge in [-0.05, 0) is 46.8 Å². The molecule has 1 fully saturated rings. The van der Waals surface area contributed by atoms with E-state index >= 15 is 0 Å². The van der Waals surface area contributed by atoms with Crippen LogP contribution in [0.2, 0.25) is 0 Å². The molecule has 0 aliphatic carbocycles. The first-order valence-corrected chi connectivity index (χ1v) is 5.94. The Morgan fingerprint density at radius 1 is 1.40 bits per heavy atom. The molecule has 1 heterocycles. The summed E-state index contributed by atoms with van der Waals surface area (Å²) in [6, 6.07) is 0.737. The van der Waals surface area contributed by atoms with Crippen LogP contribution in [0.1, 0.15) is 26.7 Å². The van der Waals surface area contributed by atoms with Gasteiger partial charge < -0.3 is 5.32 Å². The topological polar surface area (TPSA) is 15.3 Å². The Labute approximate surface area is 94.0 Å². The molecule has 1 saturated heterocycles. The Hall–Kier alpha value is -0.600. The average Bonchev–Trinajstić information content (AvgIpc) is 2.27. The van der Waals surface area contributed by atoms with Crippen molar-refractivity contribution in [3.8, 4) is 0 Å². The molecular formula is C13H24N2. The van der Waals surface area contributed by atoms with Gasteiger partial charge in [0.2, 0.25) is 0 Å². The maximum Gasteiger partial charge on any atom is 0.0193 e. The maximum atomic E-state index is 3.36. The average molecular weight is 208 g/mol. The molecule has 15 heavy (non-hydrogen) atoms. The number of piperidine rings is 1. The first-order chi connectivity index (χ1) is 7.26. The first-order valence-electron chi connectivity index (χ1n) is 5.94. The Morgan fingerprint density at radius 3 is 2.60 bits per heavy atom. The highest BCUT2D eigenvalue weighted by Crippen LogP contribution is 2.11. The fraction of sp³-hybridized carbons (Fsp3) is 0.692. The van der Waals surface area contributed by atoms with Crippen LogP contribution in [0.3, 0.4) is 0 Å². The molecule has 0 unspecified atom stereocenters. The highest BCUT2D eigenvalue weighted by Gasteiger charge is 2.16. The number of rotatable bonds is 4. The molecule has 0 bridgehead atoms. The zero-order valence-electron chi connectivity index (χ0n) is 10.3. The SMILES string of the molecule is C/C=C\C=C(/C)CN1CCC(NC)CC1. The third-order valence-electron chi connectivity index (χ3n) is 3.04. The van der Waals surface area contributed by atoms with Gasteiger partial charge in [0.05, 0.1) is 0 Å². The summed E-state index contributed by atoms with van der Waals surface area (Å²) in [5, 5.41) is 3.36. The van der Waals surface area contributed by atoms with Crippen molar-refractivity contribution in [3.05, 3.63) is 23.8 Å². The number of hydrogen-bond acceptors (Lipinski definition) is 2. The summed E-state index contributed by atoms with van der Waals surface area (Å²) in [4.78, 5) is 2.54. The van der Waals surface area contributed by atoms with E-state index in [2.05, 4.69) is 49.3 Å². The number of nitrogens with zero attached hydrogens (tertiary/aromatic N) is 1. The number of likely N-dealkylation sites (tertiary alicyclic amines) is 1. The van der Waals surface area contributed by atoms with E-state index in [1.807, 2.05) is 0 Å². The quantitative estimate of drug-likeness (QED) is 0.713. The molecule has 1 aliphatic heterocycles. The monoisotopic (exact) mass is 208 g/mol. The summed E-state index contributed by atoms with van der Waals surface area (Å²) in [5.41, 5.74) is 1.45. The Kier molecular flexibility index (Phi) is 5.66. The smallest absolute Gasteiger partial charge is 0.0193 e. The fourth-order valence-electron chi connectivity index (χ4n) is 2.05. The van der Waals surface area contributed by atoms with Gasteiger partial charge in [-0.15, -0.1) is 0 Å². The lowest BCUT2D eigenvalue weighted by molar-refractivity contribution is 0.216. The molecule has 0 atom stereocenters. The molecular weight excluding hydrogens is 184 g/mol. The summed E-state index contributed by atoms with van der Waals surface area (Å²) in [6.45, 7) is 7.85. The second-order valence-electron chi connectivity index (χ2n) is 4.38. The molecule has 2 nitrogen and oxygen atoms in total. The van der Waals surface area contributed by atoms with Crippen LogP contribution in [0.5, 0.6) is 0 Å². The molecule has 0 aromatic heterocycles. The predicted octanol–water partition coefficient (Wildman–Crippen LogP) is 2.19. The van der Waals surface area contributed by atoms with E-state index in [9.17, 15) is 0 Å². The lowest BCUT2D eigenvalue weighted by Crippen LogP contribution is -2.41. The fourth-order valence-corrected chi connectivity index (χ4v) is 2.05. The molecule has 1 rings (SSSR count). The molecule has 86 valence electrons. The van der Waals surface area contributed by atoms with E-state index in [0.29, 0.717) is 0 Å². The zero-order valence-corrected chi connectivity index (χ0v) is 10.3. The van der Waals surface area contributed by atoms with E-state index < -0.39 is 0 Å². The standard InChI is InChI=1S/C13H24N2/c1-4-5-6-12(2)11-15-9-7-13(14-3)8-10-15/h4-6,13-14H,7-11H2,1-3H3/b5-4-,12-6+. The minimum atomic E-state index is 0.737. The minimum Gasteiger partial charge on any atom is -0.317 e. The van der Waals surface area contributed by atoms with Crippen molar-refractivity contribution in [2.45, 2.75) is 32.7 Å². The molecule has 1 N–H and O–H groups in total. The summed E-state index contributed by atoms with van der Waals surface area (Å²) < 4.78 is 0. The van der Waals surface area contributed by atoms with E-state index in [1.54, 1.807) is 0 Å². The van der Waals surface area contributed by atoms with Crippen molar-refractivity contribution in [1.82, 2.24) is 10.2 Å². The van der Waals surface area contributed by atoms with Crippen LogP contribution in [0, 0.1) is 0 Å². The second kappa shape index (κ2) is 6.81. The van der Waals surface area contributed by atoms with Crippen LogP contribution in [-0.2, 0) is 0 Å². The Balaban J connectivity index is 2.29. The third kappa shape index (κ3) is 4.63. The van der Waals surface area contributed by atoms with Gasteiger partial charge >= 0.3 is 0 Å². The molecule has 0 aromatic rings. The summed E-state index contributed by atoms with van der Waals surface area (Å²) >= 11 is 0. The van der Waals surface area contributed by atoms with Gasteiger partial charge in [-0.2, -0.15) is 0 Å². The number of allylic oxidation sites excluding steroid dienone is 3. The molecule has 0 radical (unpaired) electrons. The van der Waals surface area contributed by atoms with Crippen molar-refractivity contribution >= 4 is 0 Å². The van der Waals surface area contributed by atoms with Gasteiger partial charge in [0.25, 0.3) is 0 Å². The van der Waals surface area contributed by atoms with E-state index in [4.69, 9.17) is 0 Å². The zero-order chi connectivity index (χ0) is 11.1.